The summed E-state index contributed by atoms with van der Waals surface area (Å²) in [5.41, 5.74) is 14.1. The van der Waals surface area contributed by atoms with E-state index in [4.69, 9.17) is 15.0 Å². The fourth-order valence-corrected chi connectivity index (χ4v) is 9.65. The van der Waals surface area contributed by atoms with Gasteiger partial charge in [0.25, 0.3) is 0 Å². The molecule has 0 amide bonds. The first-order chi connectivity index (χ1) is 32.2. The van der Waals surface area contributed by atoms with Gasteiger partial charge < -0.3 is 13.7 Å². The second kappa shape index (κ2) is 14.9. The first kappa shape index (κ1) is 36.8. The van der Waals surface area contributed by atoms with Crippen LogP contribution in [0.5, 0.6) is 0 Å². The zero-order valence-corrected chi connectivity index (χ0v) is 35.1. The molecule has 0 aliphatic rings. The van der Waals surface area contributed by atoms with Gasteiger partial charge in [0, 0.05) is 66.9 Å². The fourth-order valence-electron chi connectivity index (χ4n) is 9.65. The molecule has 0 atom stereocenters. The molecule has 6 nitrogen and oxygen atoms in total. The number of rotatable bonds is 7. The quantitative estimate of drug-likeness (QED) is 0.161. The van der Waals surface area contributed by atoms with Crippen LogP contribution in [0.1, 0.15) is 0 Å². The zero-order valence-electron chi connectivity index (χ0n) is 35.1. The van der Waals surface area contributed by atoms with Crippen LogP contribution in [0.25, 0.3) is 117 Å². The first-order valence-electron chi connectivity index (χ1n) is 21.9. The van der Waals surface area contributed by atoms with E-state index < -0.39 is 0 Å². The molecule has 0 bridgehead atoms. The van der Waals surface area contributed by atoms with Crippen molar-refractivity contribution in [1.29, 1.82) is 0 Å². The van der Waals surface area contributed by atoms with Gasteiger partial charge in [0.1, 0.15) is 0 Å². The van der Waals surface area contributed by atoms with Crippen molar-refractivity contribution in [1.82, 2.24) is 28.7 Å². The maximum absolute atomic E-state index is 5.05. The monoisotopic (exact) mass is 830 g/mol. The third kappa shape index (κ3) is 6.15. The van der Waals surface area contributed by atoms with E-state index in [-0.39, 0.29) is 0 Å². The molecule has 4 heterocycles. The Morgan fingerprint density at radius 3 is 1.40 bits per heavy atom. The molecule has 13 rings (SSSR count). The molecule has 0 unspecified atom stereocenters. The number of aromatic nitrogens is 6. The standard InChI is InChI=1S/C59H38N6/c1-5-17-39(18-6-1)57-60-58(40-19-7-2-8-20-40)62-59(61-57)44-23-15-21-41(33-44)42-22-16-28-47(34-42)65-54-37-53-43(31-32-63(53)45-24-9-3-10-25-45)35-49(54)51-36-50-48-29-13-14-30-52(48)64(55(50)38-56(51)65)46-26-11-4-12-27-46/h1-38H. The van der Waals surface area contributed by atoms with Crippen molar-refractivity contribution >= 4 is 54.5 Å². The van der Waals surface area contributed by atoms with E-state index in [1.807, 2.05) is 60.7 Å². The summed E-state index contributed by atoms with van der Waals surface area (Å²) in [6, 6.07) is 79.6. The van der Waals surface area contributed by atoms with Crippen molar-refractivity contribution in [2.75, 3.05) is 0 Å². The van der Waals surface area contributed by atoms with Crippen LogP contribution in [0, 0.1) is 0 Å². The maximum Gasteiger partial charge on any atom is 0.164 e. The van der Waals surface area contributed by atoms with E-state index in [1.165, 1.54) is 38.0 Å². The van der Waals surface area contributed by atoms with Crippen molar-refractivity contribution < 1.29 is 0 Å². The van der Waals surface area contributed by atoms with Gasteiger partial charge in [-0.05, 0) is 90.0 Å². The number of fused-ring (bicyclic) bond motifs is 7. The molecule has 0 saturated heterocycles. The Morgan fingerprint density at radius 2 is 0.723 bits per heavy atom. The molecule has 0 spiro atoms. The molecule has 0 N–H and O–H groups in total. The Balaban J connectivity index is 1.03. The van der Waals surface area contributed by atoms with E-state index in [0.29, 0.717) is 17.5 Å². The lowest BCUT2D eigenvalue weighted by molar-refractivity contribution is 1.07. The summed E-state index contributed by atoms with van der Waals surface area (Å²) < 4.78 is 7.15. The second-order valence-corrected chi connectivity index (χ2v) is 16.5. The average molecular weight is 831 g/mol. The molecule has 304 valence electrons. The lowest BCUT2D eigenvalue weighted by Crippen LogP contribution is -2.00. The summed E-state index contributed by atoms with van der Waals surface area (Å²) in [6.45, 7) is 0. The Morgan fingerprint density at radius 1 is 0.262 bits per heavy atom. The summed E-state index contributed by atoms with van der Waals surface area (Å²) in [7, 11) is 0. The number of hydrogen-bond donors (Lipinski definition) is 0. The van der Waals surface area contributed by atoms with E-state index >= 15 is 0 Å². The fraction of sp³-hybridized carbons (Fsp3) is 0. The van der Waals surface area contributed by atoms with Crippen LogP contribution < -0.4 is 0 Å². The van der Waals surface area contributed by atoms with Crippen molar-refractivity contribution in [3.05, 3.63) is 231 Å². The SMILES string of the molecule is c1ccc(-c2nc(-c3ccccc3)nc(-c3cccc(-c4cccc(-n5c6cc7c(ccn7-c7ccccc7)cc6c6cc7c8ccccc8n(-c8ccccc8)c7cc65)c4)c3)n2)cc1. The number of hydrogen-bond acceptors (Lipinski definition) is 3. The molecule has 0 fully saturated rings. The van der Waals surface area contributed by atoms with Crippen LogP contribution in [0.3, 0.4) is 0 Å². The molecule has 65 heavy (non-hydrogen) atoms. The highest BCUT2D eigenvalue weighted by atomic mass is 15.0. The minimum atomic E-state index is 0.626. The van der Waals surface area contributed by atoms with E-state index in [2.05, 4.69) is 184 Å². The molecule has 0 aliphatic carbocycles. The van der Waals surface area contributed by atoms with Gasteiger partial charge in [0.05, 0.1) is 27.6 Å². The Labute approximate surface area is 374 Å². The van der Waals surface area contributed by atoms with Gasteiger partial charge in [-0.3, -0.25) is 0 Å². The summed E-state index contributed by atoms with van der Waals surface area (Å²) in [6.07, 6.45) is 2.18. The molecule has 0 radical (unpaired) electrons. The Bertz CT molecular complexity index is 3870. The molecular weight excluding hydrogens is 793 g/mol. The van der Waals surface area contributed by atoms with E-state index in [0.717, 1.165) is 61.4 Å². The van der Waals surface area contributed by atoms with Gasteiger partial charge in [-0.25, -0.2) is 15.0 Å². The lowest BCUT2D eigenvalue weighted by Gasteiger charge is -2.13. The minimum Gasteiger partial charge on any atom is -0.316 e. The van der Waals surface area contributed by atoms with Crippen molar-refractivity contribution in [3.8, 4) is 62.4 Å². The lowest BCUT2D eigenvalue weighted by atomic mass is 10.0. The summed E-state index contributed by atoms with van der Waals surface area (Å²) in [5.74, 6) is 1.91. The van der Waals surface area contributed by atoms with Crippen molar-refractivity contribution in [2.24, 2.45) is 0 Å². The normalized spacial score (nSPS) is 11.7. The highest BCUT2D eigenvalue weighted by molar-refractivity contribution is 6.20. The number of benzene rings is 9. The number of para-hydroxylation sites is 3. The van der Waals surface area contributed by atoms with Gasteiger partial charge in [-0.2, -0.15) is 0 Å². The van der Waals surface area contributed by atoms with Gasteiger partial charge in [0.15, 0.2) is 17.5 Å². The topological polar surface area (TPSA) is 53.5 Å². The summed E-state index contributed by atoms with van der Waals surface area (Å²) in [4.78, 5) is 15.0. The van der Waals surface area contributed by atoms with Gasteiger partial charge >= 0.3 is 0 Å². The Kier molecular flexibility index (Phi) is 8.42. The maximum atomic E-state index is 5.05. The predicted molar refractivity (Wildman–Crippen MR) is 267 cm³/mol. The van der Waals surface area contributed by atoms with E-state index in [9.17, 15) is 0 Å². The minimum absolute atomic E-state index is 0.626. The van der Waals surface area contributed by atoms with Crippen LogP contribution in [0.4, 0.5) is 0 Å². The molecule has 9 aromatic carbocycles. The molecule has 6 heteroatoms. The van der Waals surface area contributed by atoms with Crippen LogP contribution in [0.15, 0.2) is 231 Å². The van der Waals surface area contributed by atoms with Crippen LogP contribution >= 0.6 is 0 Å². The zero-order chi connectivity index (χ0) is 42.8. The van der Waals surface area contributed by atoms with Gasteiger partial charge in [-0.1, -0.05) is 146 Å². The summed E-state index contributed by atoms with van der Waals surface area (Å²) in [5, 5.41) is 6.08. The van der Waals surface area contributed by atoms with E-state index in [1.54, 1.807) is 0 Å². The molecule has 0 aliphatic heterocycles. The van der Waals surface area contributed by atoms with Gasteiger partial charge in [0.2, 0.25) is 0 Å². The molecule has 4 aromatic heterocycles. The smallest absolute Gasteiger partial charge is 0.164 e. The predicted octanol–water partition coefficient (Wildman–Crippen LogP) is 14.7. The number of nitrogens with zero attached hydrogens (tertiary/aromatic N) is 6. The molecule has 0 saturated carbocycles. The van der Waals surface area contributed by atoms with Crippen LogP contribution in [-0.2, 0) is 0 Å². The molecule has 13 aromatic rings. The average Bonchev–Trinajstić information content (AvgIpc) is 4.05. The van der Waals surface area contributed by atoms with Crippen molar-refractivity contribution in [2.45, 2.75) is 0 Å². The third-order valence-corrected chi connectivity index (χ3v) is 12.7. The largest absolute Gasteiger partial charge is 0.316 e. The molecular formula is C59H38N6. The highest BCUT2D eigenvalue weighted by Gasteiger charge is 2.21. The Hall–Kier alpha value is -8.87. The second-order valence-electron chi connectivity index (χ2n) is 16.5. The van der Waals surface area contributed by atoms with Crippen LogP contribution in [-0.4, -0.2) is 28.7 Å². The van der Waals surface area contributed by atoms with Crippen LogP contribution in [0.2, 0.25) is 0 Å². The van der Waals surface area contributed by atoms with Crippen molar-refractivity contribution in [3.63, 3.8) is 0 Å². The third-order valence-electron chi connectivity index (χ3n) is 12.7. The first-order valence-corrected chi connectivity index (χ1v) is 21.9. The summed E-state index contributed by atoms with van der Waals surface area (Å²) >= 11 is 0. The highest BCUT2D eigenvalue weighted by Crippen LogP contribution is 2.42. The van der Waals surface area contributed by atoms with Gasteiger partial charge in [-0.15, -0.1) is 0 Å².